The van der Waals surface area contributed by atoms with E-state index < -0.39 is 0 Å². The zero-order chi connectivity index (χ0) is 20.5. The Bertz CT molecular complexity index is 1180. The Kier molecular flexibility index (Phi) is 4.94. The molecule has 1 N–H and O–H groups in total. The van der Waals surface area contributed by atoms with E-state index in [1.807, 2.05) is 42.1 Å². The highest BCUT2D eigenvalue weighted by Gasteiger charge is 2.24. The number of benzene rings is 2. The normalized spacial score (nSPS) is 10.9. The number of rotatable bonds is 4. The Morgan fingerprint density at radius 3 is 2.45 bits per heavy atom. The molecule has 7 heteroatoms. The fraction of sp³-hybridized carbons (Fsp3) is 0.0909. The highest BCUT2D eigenvalue weighted by atomic mass is 35.5. The summed E-state index contributed by atoms with van der Waals surface area (Å²) in [5, 5.41) is 8.03. The third kappa shape index (κ3) is 3.67. The Labute approximate surface area is 172 Å². The number of carbonyl (C=O) groups is 1. The second kappa shape index (κ2) is 7.56. The van der Waals surface area contributed by atoms with E-state index in [0.717, 1.165) is 5.56 Å². The molecular weight excluding hydrogens is 391 g/mol. The Morgan fingerprint density at radius 2 is 1.76 bits per heavy atom. The van der Waals surface area contributed by atoms with Crippen molar-refractivity contribution in [1.82, 2.24) is 14.3 Å². The molecule has 0 radical (unpaired) electrons. The third-order valence-electron chi connectivity index (χ3n) is 4.63. The van der Waals surface area contributed by atoms with Gasteiger partial charge in [-0.25, -0.2) is 9.07 Å². The topological polar surface area (TPSA) is 51.9 Å². The highest BCUT2D eigenvalue weighted by molar-refractivity contribution is 6.31. The van der Waals surface area contributed by atoms with Crippen molar-refractivity contribution in [1.29, 1.82) is 0 Å². The molecule has 0 saturated carbocycles. The predicted octanol–water partition coefficient (Wildman–Crippen LogP) is 5.32. The van der Waals surface area contributed by atoms with Crippen LogP contribution in [0.3, 0.4) is 0 Å². The van der Waals surface area contributed by atoms with Crippen LogP contribution in [0.2, 0.25) is 5.02 Å². The molecule has 0 spiro atoms. The van der Waals surface area contributed by atoms with Gasteiger partial charge in [-0.15, -0.1) is 0 Å². The minimum Gasteiger partial charge on any atom is -0.322 e. The van der Waals surface area contributed by atoms with Crippen LogP contribution in [0.1, 0.15) is 21.6 Å². The summed E-state index contributed by atoms with van der Waals surface area (Å²) in [7, 11) is 0. The summed E-state index contributed by atoms with van der Waals surface area (Å²) in [6.07, 6.45) is 3.66. The van der Waals surface area contributed by atoms with E-state index in [-0.39, 0.29) is 11.7 Å². The van der Waals surface area contributed by atoms with Gasteiger partial charge in [-0.2, -0.15) is 5.10 Å². The van der Waals surface area contributed by atoms with Crippen LogP contribution in [0.25, 0.3) is 11.5 Å². The van der Waals surface area contributed by atoms with E-state index in [9.17, 15) is 9.18 Å². The number of nitrogens with zero attached hydrogens (tertiary/aromatic N) is 3. The van der Waals surface area contributed by atoms with Gasteiger partial charge in [-0.05, 0) is 67.9 Å². The molecule has 146 valence electrons. The molecule has 2 heterocycles. The van der Waals surface area contributed by atoms with E-state index >= 15 is 0 Å². The van der Waals surface area contributed by atoms with E-state index in [4.69, 9.17) is 11.6 Å². The van der Waals surface area contributed by atoms with Gasteiger partial charge >= 0.3 is 0 Å². The molecule has 4 aromatic rings. The van der Waals surface area contributed by atoms with Crippen molar-refractivity contribution < 1.29 is 9.18 Å². The van der Waals surface area contributed by atoms with Crippen LogP contribution in [0.15, 0.2) is 67.0 Å². The molecule has 0 saturated heterocycles. The molecule has 0 fully saturated rings. The number of nitrogens with one attached hydrogen (secondary N) is 1. The predicted molar refractivity (Wildman–Crippen MR) is 112 cm³/mol. The summed E-state index contributed by atoms with van der Waals surface area (Å²) in [4.78, 5) is 13.2. The molecule has 2 aromatic carbocycles. The minimum absolute atomic E-state index is 0.301. The molecule has 29 heavy (non-hydrogen) atoms. The second-order valence-electron chi connectivity index (χ2n) is 6.68. The van der Waals surface area contributed by atoms with E-state index in [1.54, 1.807) is 35.9 Å². The molecule has 0 bridgehead atoms. The van der Waals surface area contributed by atoms with Gasteiger partial charge in [0.2, 0.25) is 0 Å². The second-order valence-corrected chi connectivity index (χ2v) is 7.11. The van der Waals surface area contributed by atoms with E-state index in [0.29, 0.717) is 33.5 Å². The molecule has 0 unspecified atom stereocenters. The standard InChI is InChI=1S/C22H18ClFN4O/c1-14-5-6-16(23)13-19(14)25-21(29)20-15(2)26-28(18-9-7-17(24)8-10-18)22(20)27-11-3-4-12-27/h3-13H,1-2H3,(H,25,29). The quantitative estimate of drug-likeness (QED) is 0.496. The molecule has 0 aliphatic heterocycles. The lowest BCUT2D eigenvalue weighted by atomic mass is 10.1. The van der Waals surface area contributed by atoms with Crippen molar-refractivity contribution >= 4 is 23.2 Å². The number of carbonyl (C=O) groups excluding carboxylic acids is 1. The van der Waals surface area contributed by atoms with Crippen LogP contribution in [-0.4, -0.2) is 20.3 Å². The lowest BCUT2D eigenvalue weighted by molar-refractivity contribution is 0.102. The molecule has 4 rings (SSSR count). The maximum absolute atomic E-state index is 13.4. The van der Waals surface area contributed by atoms with Gasteiger partial charge in [0.05, 0.1) is 11.4 Å². The summed E-state index contributed by atoms with van der Waals surface area (Å²) in [6, 6.07) is 15.0. The van der Waals surface area contributed by atoms with Gasteiger partial charge in [0.1, 0.15) is 11.4 Å². The maximum Gasteiger partial charge on any atom is 0.261 e. The summed E-state index contributed by atoms with van der Waals surface area (Å²) in [5.41, 5.74) is 3.15. The zero-order valence-electron chi connectivity index (χ0n) is 15.9. The fourth-order valence-corrected chi connectivity index (χ4v) is 3.34. The SMILES string of the molecule is Cc1ccc(Cl)cc1NC(=O)c1c(C)nn(-c2ccc(F)cc2)c1-n1cccc1. The number of amides is 1. The first-order valence-corrected chi connectivity index (χ1v) is 9.38. The first kappa shape index (κ1) is 19.0. The van der Waals surface area contributed by atoms with Crippen molar-refractivity contribution in [3.63, 3.8) is 0 Å². The largest absolute Gasteiger partial charge is 0.322 e. The monoisotopic (exact) mass is 408 g/mol. The maximum atomic E-state index is 13.4. The average molecular weight is 409 g/mol. The van der Waals surface area contributed by atoms with Gasteiger partial charge in [0.25, 0.3) is 5.91 Å². The Hall–Kier alpha value is -3.38. The summed E-state index contributed by atoms with van der Waals surface area (Å²) < 4.78 is 16.8. The summed E-state index contributed by atoms with van der Waals surface area (Å²) in [6.45, 7) is 3.67. The van der Waals surface area contributed by atoms with Crippen LogP contribution < -0.4 is 5.32 Å². The average Bonchev–Trinajstić information content (AvgIpc) is 3.33. The molecule has 0 atom stereocenters. The fourth-order valence-electron chi connectivity index (χ4n) is 3.17. The van der Waals surface area contributed by atoms with Crippen LogP contribution >= 0.6 is 11.6 Å². The molecule has 0 aliphatic rings. The van der Waals surface area contributed by atoms with Crippen molar-refractivity contribution in [2.24, 2.45) is 0 Å². The van der Waals surface area contributed by atoms with Crippen LogP contribution in [0, 0.1) is 19.7 Å². The van der Waals surface area contributed by atoms with E-state index in [2.05, 4.69) is 10.4 Å². The van der Waals surface area contributed by atoms with Crippen molar-refractivity contribution in [2.75, 3.05) is 5.32 Å². The van der Waals surface area contributed by atoms with E-state index in [1.165, 1.54) is 12.1 Å². The van der Waals surface area contributed by atoms with Gasteiger partial charge in [-0.3, -0.25) is 4.79 Å². The number of hydrogen-bond acceptors (Lipinski definition) is 2. The summed E-state index contributed by atoms with van der Waals surface area (Å²) >= 11 is 6.08. The highest BCUT2D eigenvalue weighted by Crippen LogP contribution is 2.26. The van der Waals surface area contributed by atoms with Crippen LogP contribution in [0.5, 0.6) is 0 Å². The first-order valence-electron chi connectivity index (χ1n) is 9.00. The Morgan fingerprint density at radius 1 is 1.07 bits per heavy atom. The van der Waals surface area contributed by atoms with Gasteiger partial charge in [0.15, 0.2) is 5.82 Å². The smallest absolute Gasteiger partial charge is 0.261 e. The summed E-state index contributed by atoms with van der Waals surface area (Å²) in [5.74, 6) is -0.0734. The number of aromatic nitrogens is 3. The van der Waals surface area contributed by atoms with Gasteiger partial charge in [-0.1, -0.05) is 17.7 Å². The molecular formula is C22H18ClFN4O. The van der Waals surface area contributed by atoms with Gasteiger partial charge < -0.3 is 9.88 Å². The van der Waals surface area contributed by atoms with Crippen molar-refractivity contribution in [3.8, 4) is 11.5 Å². The minimum atomic E-state index is -0.338. The molecule has 5 nitrogen and oxygen atoms in total. The van der Waals surface area contributed by atoms with Crippen molar-refractivity contribution in [3.05, 3.63) is 94.7 Å². The lowest BCUT2D eigenvalue weighted by Gasteiger charge is -2.12. The van der Waals surface area contributed by atoms with Gasteiger partial charge in [0, 0.05) is 23.1 Å². The third-order valence-corrected chi connectivity index (χ3v) is 4.87. The number of hydrogen-bond donors (Lipinski definition) is 1. The zero-order valence-corrected chi connectivity index (χ0v) is 16.6. The number of anilines is 1. The molecule has 0 aliphatic carbocycles. The van der Waals surface area contributed by atoms with Crippen LogP contribution in [0.4, 0.5) is 10.1 Å². The van der Waals surface area contributed by atoms with Crippen LogP contribution in [-0.2, 0) is 0 Å². The molecule has 2 aromatic heterocycles. The number of aryl methyl sites for hydroxylation is 2. The molecule has 1 amide bonds. The Balaban J connectivity index is 1.84. The lowest BCUT2D eigenvalue weighted by Crippen LogP contribution is -2.16. The number of halogens is 2. The van der Waals surface area contributed by atoms with Crippen molar-refractivity contribution in [2.45, 2.75) is 13.8 Å². The first-order chi connectivity index (χ1) is 13.9.